The summed E-state index contributed by atoms with van der Waals surface area (Å²) in [5.74, 6) is 0. The van der Waals surface area contributed by atoms with Gasteiger partial charge in [0.2, 0.25) is 0 Å². The monoisotopic (exact) mass is 231 g/mol. The first-order chi connectivity index (χ1) is 8.43. The normalized spacial score (nSPS) is 9.88. The van der Waals surface area contributed by atoms with Gasteiger partial charge in [0.15, 0.2) is 0 Å². The molecule has 92 valence electrons. The molecule has 3 heteroatoms. The number of hydrogen-bond donors (Lipinski definition) is 0. The number of aryl methyl sites for hydroxylation is 1. The van der Waals surface area contributed by atoms with Crippen molar-refractivity contribution in [2.24, 2.45) is 5.11 Å². The minimum Gasteiger partial charge on any atom is -0.0940 e. The second-order valence-corrected chi connectivity index (χ2v) is 4.31. The summed E-state index contributed by atoms with van der Waals surface area (Å²) in [4.78, 5) is 2.74. The van der Waals surface area contributed by atoms with Crippen molar-refractivity contribution in [3.8, 4) is 0 Å². The topological polar surface area (TPSA) is 48.8 Å². The molecule has 0 N–H and O–H groups in total. The minimum absolute atomic E-state index is 0.653. The van der Waals surface area contributed by atoms with Crippen molar-refractivity contribution in [1.82, 2.24) is 0 Å². The third-order valence-electron chi connectivity index (χ3n) is 2.88. The summed E-state index contributed by atoms with van der Waals surface area (Å²) in [5, 5.41) is 3.53. The number of azide groups is 1. The predicted octanol–water partition coefficient (Wildman–Crippen LogP) is 4.88. The molecule has 1 aromatic carbocycles. The fraction of sp³-hybridized carbons (Fsp3) is 0.571. The van der Waals surface area contributed by atoms with Gasteiger partial charge in [-0.05, 0) is 30.4 Å². The highest BCUT2D eigenvalue weighted by molar-refractivity contribution is 5.14. The van der Waals surface area contributed by atoms with Crippen molar-refractivity contribution >= 4 is 0 Å². The molecule has 0 heterocycles. The smallest absolute Gasteiger partial charge is 0.0257 e. The minimum atomic E-state index is 0.653. The Morgan fingerprint density at radius 1 is 0.882 bits per heavy atom. The zero-order valence-corrected chi connectivity index (χ0v) is 10.4. The van der Waals surface area contributed by atoms with E-state index < -0.39 is 0 Å². The fourth-order valence-corrected chi connectivity index (χ4v) is 1.91. The number of unbranched alkanes of at least 4 members (excludes halogenated alkanes) is 5. The first kappa shape index (κ1) is 13.6. The fourth-order valence-electron chi connectivity index (χ4n) is 1.91. The third-order valence-corrected chi connectivity index (χ3v) is 2.88. The SMILES string of the molecule is [N-]=[N+]=NCCCCCCCCc1ccccc1. The van der Waals surface area contributed by atoms with Gasteiger partial charge in [-0.25, -0.2) is 0 Å². The molecule has 1 aromatic rings. The number of benzene rings is 1. The van der Waals surface area contributed by atoms with Gasteiger partial charge in [0.25, 0.3) is 0 Å². The lowest BCUT2D eigenvalue weighted by Gasteiger charge is -2.01. The maximum Gasteiger partial charge on any atom is 0.0257 e. The van der Waals surface area contributed by atoms with E-state index in [1.165, 1.54) is 44.1 Å². The highest BCUT2D eigenvalue weighted by Gasteiger charge is 1.93. The summed E-state index contributed by atoms with van der Waals surface area (Å²) in [6.45, 7) is 0.653. The highest BCUT2D eigenvalue weighted by atomic mass is 15.1. The quantitative estimate of drug-likeness (QED) is 0.252. The van der Waals surface area contributed by atoms with E-state index in [0.717, 1.165) is 6.42 Å². The molecule has 0 amide bonds. The van der Waals surface area contributed by atoms with Crippen LogP contribution in [0.25, 0.3) is 10.4 Å². The molecular weight excluding hydrogens is 210 g/mol. The molecule has 0 aliphatic heterocycles. The second-order valence-electron chi connectivity index (χ2n) is 4.31. The molecule has 0 aromatic heterocycles. The van der Waals surface area contributed by atoms with E-state index in [-0.39, 0.29) is 0 Å². The first-order valence-electron chi connectivity index (χ1n) is 6.48. The van der Waals surface area contributed by atoms with Gasteiger partial charge in [0.05, 0.1) is 0 Å². The van der Waals surface area contributed by atoms with E-state index in [4.69, 9.17) is 5.53 Å². The average Bonchev–Trinajstić information content (AvgIpc) is 2.38. The van der Waals surface area contributed by atoms with E-state index in [0.29, 0.717) is 6.54 Å². The van der Waals surface area contributed by atoms with Crippen LogP contribution < -0.4 is 0 Å². The van der Waals surface area contributed by atoms with Gasteiger partial charge in [-0.1, -0.05) is 61.1 Å². The molecule has 0 unspecified atom stereocenters. The van der Waals surface area contributed by atoms with Gasteiger partial charge < -0.3 is 0 Å². The summed E-state index contributed by atoms with van der Waals surface area (Å²) >= 11 is 0. The maximum absolute atomic E-state index is 8.11. The van der Waals surface area contributed by atoms with E-state index in [1.54, 1.807) is 0 Å². The average molecular weight is 231 g/mol. The second kappa shape index (κ2) is 9.73. The summed E-state index contributed by atoms with van der Waals surface area (Å²) in [6, 6.07) is 10.7. The van der Waals surface area contributed by atoms with Crippen LogP contribution in [0, 0.1) is 0 Å². The standard InChI is InChI=1S/C14H21N3/c15-17-16-13-9-4-2-1-3-6-10-14-11-7-5-8-12-14/h5,7-8,11-12H,1-4,6,9-10,13H2. The van der Waals surface area contributed by atoms with Gasteiger partial charge in [-0.3, -0.25) is 0 Å². The lowest BCUT2D eigenvalue weighted by Crippen LogP contribution is -1.86. The van der Waals surface area contributed by atoms with Gasteiger partial charge in [-0.2, -0.15) is 0 Å². The van der Waals surface area contributed by atoms with Crippen LogP contribution in [0.2, 0.25) is 0 Å². The van der Waals surface area contributed by atoms with Crippen LogP contribution in [0.15, 0.2) is 35.4 Å². The molecule has 0 saturated heterocycles. The van der Waals surface area contributed by atoms with Crippen LogP contribution in [0.4, 0.5) is 0 Å². The molecule has 0 aliphatic carbocycles. The molecule has 0 spiro atoms. The van der Waals surface area contributed by atoms with Crippen molar-refractivity contribution in [2.45, 2.75) is 44.9 Å². The van der Waals surface area contributed by atoms with Gasteiger partial charge in [-0.15, -0.1) is 0 Å². The summed E-state index contributed by atoms with van der Waals surface area (Å²) in [7, 11) is 0. The lowest BCUT2D eigenvalue weighted by molar-refractivity contribution is 0.597. The Balaban J connectivity index is 1.89. The van der Waals surface area contributed by atoms with E-state index >= 15 is 0 Å². The van der Waals surface area contributed by atoms with Gasteiger partial charge in [0.1, 0.15) is 0 Å². The molecule has 0 atom stereocenters. The Morgan fingerprint density at radius 3 is 2.24 bits per heavy atom. The Labute approximate surface area is 103 Å². The lowest BCUT2D eigenvalue weighted by atomic mass is 10.1. The summed E-state index contributed by atoms with van der Waals surface area (Å²) in [5.41, 5.74) is 9.55. The molecule has 0 fully saturated rings. The zero-order valence-electron chi connectivity index (χ0n) is 10.4. The molecule has 0 aliphatic rings. The van der Waals surface area contributed by atoms with Crippen LogP contribution >= 0.6 is 0 Å². The Bertz CT molecular complexity index is 329. The third kappa shape index (κ3) is 7.42. The summed E-state index contributed by atoms with van der Waals surface area (Å²) < 4.78 is 0. The van der Waals surface area contributed by atoms with E-state index in [2.05, 4.69) is 40.4 Å². The van der Waals surface area contributed by atoms with Crippen LogP contribution in [0.3, 0.4) is 0 Å². The molecular formula is C14H21N3. The molecule has 17 heavy (non-hydrogen) atoms. The Hall–Kier alpha value is -1.47. The number of nitrogens with zero attached hydrogens (tertiary/aromatic N) is 3. The Kier molecular flexibility index (Phi) is 7.78. The molecule has 3 nitrogen and oxygen atoms in total. The summed E-state index contributed by atoms with van der Waals surface area (Å²) in [6.07, 6.45) is 8.54. The Morgan fingerprint density at radius 2 is 1.53 bits per heavy atom. The number of rotatable bonds is 9. The van der Waals surface area contributed by atoms with Gasteiger partial charge in [0, 0.05) is 11.5 Å². The van der Waals surface area contributed by atoms with Crippen molar-refractivity contribution in [2.75, 3.05) is 6.54 Å². The predicted molar refractivity (Wildman–Crippen MR) is 71.9 cm³/mol. The van der Waals surface area contributed by atoms with Crippen molar-refractivity contribution in [3.63, 3.8) is 0 Å². The zero-order chi connectivity index (χ0) is 12.2. The van der Waals surface area contributed by atoms with E-state index in [1.807, 2.05) is 0 Å². The number of hydrogen-bond acceptors (Lipinski definition) is 1. The van der Waals surface area contributed by atoms with Crippen LogP contribution in [0.1, 0.15) is 44.1 Å². The van der Waals surface area contributed by atoms with E-state index in [9.17, 15) is 0 Å². The van der Waals surface area contributed by atoms with Crippen LogP contribution in [-0.4, -0.2) is 6.54 Å². The van der Waals surface area contributed by atoms with Crippen molar-refractivity contribution in [3.05, 3.63) is 46.3 Å². The maximum atomic E-state index is 8.11. The highest BCUT2D eigenvalue weighted by Crippen LogP contribution is 2.09. The molecule has 1 rings (SSSR count). The molecule has 0 saturated carbocycles. The van der Waals surface area contributed by atoms with Gasteiger partial charge >= 0.3 is 0 Å². The van der Waals surface area contributed by atoms with Crippen molar-refractivity contribution < 1.29 is 0 Å². The van der Waals surface area contributed by atoms with Crippen molar-refractivity contribution in [1.29, 1.82) is 0 Å². The molecule has 0 radical (unpaired) electrons. The first-order valence-corrected chi connectivity index (χ1v) is 6.48. The van der Waals surface area contributed by atoms with Crippen LogP contribution in [0.5, 0.6) is 0 Å². The van der Waals surface area contributed by atoms with Crippen LogP contribution in [-0.2, 0) is 6.42 Å². The molecule has 0 bridgehead atoms. The largest absolute Gasteiger partial charge is 0.0940 e.